The molecule has 7 heteroatoms. The maximum absolute atomic E-state index is 14.1. The predicted molar refractivity (Wildman–Crippen MR) is 87.2 cm³/mol. The summed E-state index contributed by atoms with van der Waals surface area (Å²) in [5.41, 5.74) is 0.253. The van der Waals surface area contributed by atoms with Gasteiger partial charge in [0.05, 0.1) is 30.3 Å². The molecule has 1 aliphatic heterocycles. The van der Waals surface area contributed by atoms with E-state index < -0.39 is 5.82 Å². The van der Waals surface area contributed by atoms with Crippen LogP contribution in [0.25, 0.3) is 10.8 Å². The van der Waals surface area contributed by atoms with Gasteiger partial charge in [-0.1, -0.05) is 6.92 Å². The van der Waals surface area contributed by atoms with E-state index in [0.717, 1.165) is 6.20 Å². The van der Waals surface area contributed by atoms with Crippen LogP contribution >= 0.6 is 0 Å². The SMILES string of the molecule is COc1cc2c(OCC3NC(=O)C4C(C)C34)ncc(F)c2cc1C=O. The average Bonchev–Trinajstić information content (AvgIpc) is 3.17. The van der Waals surface area contributed by atoms with Gasteiger partial charge in [0.1, 0.15) is 18.2 Å². The lowest BCUT2D eigenvalue weighted by Crippen LogP contribution is -2.36. The number of aromatic nitrogens is 1. The number of carbonyl (C=O) groups excluding carboxylic acids is 2. The summed E-state index contributed by atoms with van der Waals surface area (Å²) < 4.78 is 25.1. The maximum atomic E-state index is 14.1. The van der Waals surface area contributed by atoms with Gasteiger partial charge in [0.25, 0.3) is 0 Å². The van der Waals surface area contributed by atoms with Crippen molar-refractivity contribution in [1.82, 2.24) is 10.3 Å². The van der Waals surface area contributed by atoms with E-state index in [1.807, 2.05) is 0 Å². The molecule has 6 nitrogen and oxygen atoms in total. The van der Waals surface area contributed by atoms with Crippen molar-refractivity contribution in [3.8, 4) is 11.6 Å². The fraction of sp³-hybridized carbons (Fsp3) is 0.389. The van der Waals surface area contributed by atoms with Crippen molar-refractivity contribution in [2.75, 3.05) is 13.7 Å². The van der Waals surface area contributed by atoms with Gasteiger partial charge in [-0.25, -0.2) is 9.37 Å². The first-order chi connectivity index (χ1) is 12.0. The molecule has 2 aromatic rings. The van der Waals surface area contributed by atoms with Crippen molar-refractivity contribution in [1.29, 1.82) is 0 Å². The van der Waals surface area contributed by atoms with Crippen molar-refractivity contribution in [2.24, 2.45) is 17.8 Å². The minimum atomic E-state index is -0.543. The molecule has 1 aromatic carbocycles. The normalized spacial score (nSPS) is 26.9. The molecule has 4 atom stereocenters. The van der Waals surface area contributed by atoms with Gasteiger partial charge in [0.15, 0.2) is 6.29 Å². The van der Waals surface area contributed by atoms with E-state index in [0.29, 0.717) is 23.3 Å². The van der Waals surface area contributed by atoms with Crippen LogP contribution in [-0.2, 0) is 4.79 Å². The minimum Gasteiger partial charge on any atom is -0.496 e. The van der Waals surface area contributed by atoms with Crippen LogP contribution in [0.4, 0.5) is 4.39 Å². The van der Waals surface area contributed by atoms with Crippen LogP contribution in [0.3, 0.4) is 0 Å². The summed E-state index contributed by atoms with van der Waals surface area (Å²) in [5.74, 6) is 0.842. The van der Waals surface area contributed by atoms with E-state index in [1.165, 1.54) is 13.2 Å². The number of hydrogen-bond acceptors (Lipinski definition) is 5. The molecule has 1 aromatic heterocycles. The van der Waals surface area contributed by atoms with Crippen molar-refractivity contribution in [3.05, 3.63) is 29.7 Å². The molecule has 4 rings (SSSR count). The zero-order valence-electron chi connectivity index (χ0n) is 13.8. The zero-order valence-corrected chi connectivity index (χ0v) is 13.8. The maximum Gasteiger partial charge on any atom is 0.224 e. The molecule has 130 valence electrons. The Balaban J connectivity index is 1.64. The molecule has 1 amide bonds. The monoisotopic (exact) mass is 344 g/mol. The van der Waals surface area contributed by atoms with E-state index in [-0.39, 0.29) is 47.2 Å². The van der Waals surface area contributed by atoms with E-state index in [4.69, 9.17) is 9.47 Å². The largest absolute Gasteiger partial charge is 0.496 e. The number of fused-ring (bicyclic) bond motifs is 2. The van der Waals surface area contributed by atoms with Gasteiger partial charge in [-0.2, -0.15) is 0 Å². The number of rotatable bonds is 5. The van der Waals surface area contributed by atoms with E-state index >= 15 is 0 Å². The number of halogens is 1. The topological polar surface area (TPSA) is 77.5 Å². The van der Waals surface area contributed by atoms with Gasteiger partial charge in [-0.05, 0) is 24.0 Å². The summed E-state index contributed by atoms with van der Waals surface area (Å²) in [6.45, 7) is 2.32. The molecule has 1 saturated heterocycles. The Kier molecular flexibility index (Phi) is 3.59. The Bertz CT molecular complexity index is 885. The Hall–Kier alpha value is -2.70. The summed E-state index contributed by atoms with van der Waals surface area (Å²) in [6, 6.07) is 2.90. The van der Waals surface area contributed by atoms with Crippen LogP contribution in [0, 0.1) is 23.6 Å². The number of hydrogen-bond donors (Lipinski definition) is 1. The van der Waals surface area contributed by atoms with Crippen LogP contribution in [0.1, 0.15) is 17.3 Å². The summed E-state index contributed by atoms with van der Waals surface area (Å²) in [7, 11) is 1.43. The third kappa shape index (κ3) is 2.42. The lowest BCUT2D eigenvalue weighted by atomic mass is 10.1. The highest BCUT2D eigenvalue weighted by Gasteiger charge is 2.61. The van der Waals surface area contributed by atoms with Gasteiger partial charge < -0.3 is 14.8 Å². The standard InChI is InChI=1S/C18H17FN2O4/c1-8-15-13(21-17(23)16(8)15)7-25-18-11-4-14(24-2)9(6-22)3-10(11)12(19)5-20-18/h3-6,8,13,15-16H,7H2,1-2H3,(H,21,23). The number of nitrogens with one attached hydrogen (secondary N) is 1. The summed E-state index contributed by atoms with van der Waals surface area (Å²) in [4.78, 5) is 26.9. The van der Waals surface area contributed by atoms with Gasteiger partial charge >= 0.3 is 0 Å². The van der Waals surface area contributed by atoms with Crippen molar-refractivity contribution < 1.29 is 23.5 Å². The molecule has 1 aliphatic carbocycles. The molecule has 25 heavy (non-hydrogen) atoms. The molecule has 0 radical (unpaired) electrons. The third-order valence-corrected chi connectivity index (χ3v) is 5.22. The second kappa shape index (κ2) is 5.68. The highest BCUT2D eigenvalue weighted by atomic mass is 19.1. The Morgan fingerprint density at radius 1 is 1.36 bits per heavy atom. The third-order valence-electron chi connectivity index (χ3n) is 5.22. The van der Waals surface area contributed by atoms with Crippen LogP contribution in [0.5, 0.6) is 11.6 Å². The van der Waals surface area contributed by atoms with E-state index in [2.05, 4.69) is 17.2 Å². The van der Waals surface area contributed by atoms with Crippen molar-refractivity contribution in [3.63, 3.8) is 0 Å². The molecule has 1 saturated carbocycles. The van der Waals surface area contributed by atoms with Crippen LogP contribution in [0.15, 0.2) is 18.3 Å². The number of ether oxygens (including phenoxy) is 2. The van der Waals surface area contributed by atoms with Gasteiger partial charge in [0, 0.05) is 11.3 Å². The molecular weight excluding hydrogens is 327 g/mol. The number of benzene rings is 1. The number of piperidine rings is 1. The van der Waals surface area contributed by atoms with Crippen LogP contribution in [0.2, 0.25) is 0 Å². The minimum absolute atomic E-state index is 0.0643. The van der Waals surface area contributed by atoms with Gasteiger partial charge in [-0.3, -0.25) is 9.59 Å². The fourth-order valence-electron chi connectivity index (χ4n) is 3.83. The first-order valence-electron chi connectivity index (χ1n) is 8.09. The number of aldehydes is 1. The molecule has 0 bridgehead atoms. The Morgan fingerprint density at radius 3 is 2.80 bits per heavy atom. The van der Waals surface area contributed by atoms with Crippen molar-refractivity contribution >= 4 is 23.0 Å². The van der Waals surface area contributed by atoms with E-state index in [9.17, 15) is 14.0 Å². The molecule has 4 unspecified atom stereocenters. The smallest absolute Gasteiger partial charge is 0.224 e. The quantitative estimate of drug-likeness (QED) is 0.839. The van der Waals surface area contributed by atoms with Crippen LogP contribution in [-0.4, -0.2) is 36.9 Å². The molecule has 2 heterocycles. The van der Waals surface area contributed by atoms with Gasteiger partial charge in [-0.15, -0.1) is 0 Å². The molecular formula is C18H17FN2O4. The second-order valence-electron chi connectivity index (χ2n) is 6.56. The highest BCUT2D eigenvalue weighted by Crippen LogP contribution is 2.52. The summed E-state index contributed by atoms with van der Waals surface area (Å²) in [5, 5.41) is 3.58. The number of amides is 1. The molecule has 0 spiro atoms. The lowest BCUT2D eigenvalue weighted by molar-refractivity contribution is -0.121. The number of nitrogens with zero attached hydrogens (tertiary/aromatic N) is 1. The number of pyridine rings is 1. The first-order valence-corrected chi connectivity index (χ1v) is 8.09. The number of methoxy groups -OCH3 is 1. The Labute approximate surface area is 143 Å². The molecule has 2 aliphatic rings. The average molecular weight is 344 g/mol. The highest BCUT2D eigenvalue weighted by molar-refractivity contribution is 5.95. The van der Waals surface area contributed by atoms with Crippen LogP contribution < -0.4 is 14.8 Å². The van der Waals surface area contributed by atoms with E-state index in [1.54, 1.807) is 6.07 Å². The molecule has 1 N–H and O–H groups in total. The first kappa shape index (κ1) is 15.8. The molecule has 2 fully saturated rings. The predicted octanol–water partition coefficient (Wildman–Crippen LogP) is 1.95. The summed E-state index contributed by atoms with van der Waals surface area (Å²) in [6.07, 6.45) is 1.68. The zero-order chi connectivity index (χ0) is 17.7. The second-order valence-corrected chi connectivity index (χ2v) is 6.56. The summed E-state index contributed by atoms with van der Waals surface area (Å²) >= 11 is 0. The fourth-order valence-corrected chi connectivity index (χ4v) is 3.83. The number of carbonyl (C=O) groups is 2. The Morgan fingerprint density at radius 2 is 2.16 bits per heavy atom. The van der Waals surface area contributed by atoms with Gasteiger partial charge in [0.2, 0.25) is 11.8 Å². The lowest BCUT2D eigenvalue weighted by Gasteiger charge is -2.16. The van der Waals surface area contributed by atoms with Crippen molar-refractivity contribution in [2.45, 2.75) is 13.0 Å².